The van der Waals surface area contributed by atoms with Crippen LogP contribution in [0.5, 0.6) is 0 Å². The lowest BCUT2D eigenvalue weighted by molar-refractivity contribution is 0.0636. The number of hydrogen-bond donors (Lipinski definition) is 2. The van der Waals surface area contributed by atoms with Crippen molar-refractivity contribution in [1.29, 1.82) is 0 Å². The average Bonchev–Trinajstić information content (AvgIpc) is 2.30. The number of benzene rings is 1. The number of carbonyl (C=O) groups excluding carboxylic acids is 1. The minimum absolute atomic E-state index is 0.339. The fourth-order valence-electron chi connectivity index (χ4n) is 1.66. The fraction of sp³-hybridized carbons (Fsp3) is 0.562. The highest BCUT2D eigenvalue weighted by molar-refractivity contribution is 5.85. The molecule has 0 radical (unpaired) electrons. The van der Waals surface area contributed by atoms with Crippen LogP contribution in [0.15, 0.2) is 18.2 Å². The van der Waals surface area contributed by atoms with E-state index >= 15 is 0 Å². The van der Waals surface area contributed by atoms with Crippen LogP contribution in [0.4, 0.5) is 20.6 Å². The molecular formula is C16H25FN2O2. The monoisotopic (exact) mass is 296 g/mol. The summed E-state index contributed by atoms with van der Waals surface area (Å²) in [5, 5.41) is 5.64. The molecule has 0 saturated heterocycles. The van der Waals surface area contributed by atoms with E-state index in [0.29, 0.717) is 23.8 Å². The van der Waals surface area contributed by atoms with Crippen LogP contribution in [0.3, 0.4) is 0 Å². The number of ether oxygens (including phenoxy) is 1. The molecule has 0 aliphatic rings. The van der Waals surface area contributed by atoms with Gasteiger partial charge in [0.15, 0.2) is 0 Å². The highest BCUT2D eigenvalue weighted by Crippen LogP contribution is 2.20. The molecule has 4 nitrogen and oxygen atoms in total. The van der Waals surface area contributed by atoms with E-state index in [1.54, 1.807) is 26.8 Å². The maximum absolute atomic E-state index is 13.7. The molecule has 0 atom stereocenters. The molecule has 1 aromatic rings. The van der Waals surface area contributed by atoms with Crippen LogP contribution in [0.2, 0.25) is 0 Å². The van der Waals surface area contributed by atoms with Gasteiger partial charge in [0.25, 0.3) is 0 Å². The minimum atomic E-state index is -0.567. The number of anilines is 2. The zero-order chi connectivity index (χ0) is 16.0. The van der Waals surface area contributed by atoms with E-state index in [1.807, 2.05) is 0 Å². The van der Waals surface area contributed by atoms with Crippen LogP contribution in [-0.4, -0.2) is 18.2 Å². The largest absolute Gasteiger partial charge is 0.444 e. The third-order valence-electron chi connectivity index (χ3n) is 2.65. The number of carbonyl (C=O) groups is 1. The lowest BCUT2D eigenvalue weighted by Gasteiger charge is -2.20. The van der Waals surface area contributed by atoms with E-state index in [1.165, 1.54) is 12.1 Å². The second-order valence-corrected chi connectivity index (χ2v) is 6.43. The van der Waals surface area contributed by atoms with Crippen LogP contribution in [-0.2, 0) is 4.74 Å². The van der Waals surface area contributed by atoms with Gasteiger partial charge in [-0.2, -0.15) is 0 Å². The van der Waals surface area contributed by atoms with E-state index in [0.717, 1.165) is 6.42 Å². The molecule has 0 fully saturated rings. The van der Waals surface area contributed by atoms with Crippen LogP contribution in [0.25, 0.3) is 0 Å². The maximum Gasteiger partial charge on any atom is 0.412 e. The Morgan fingerprint density at radius 3 is 2.57 bits per heavy atom. The molecule has 118 valence electrons. The molecule has 1 rings (SSSR count). The first-order chi connectivity index (χ1) is 9.67. The molecule has 0 unspecified atom stereocenters. The maximum atomic E-state index is 13.7. The van der Waals surface area contributed by atoms with Gasteiger partial charge in [0, 0.05) is 12.2 Å². The summed E-state index contributed by atoms with van der Waals surface area (Å²) in [7, 11) is 0. The number of rotatable bonds is 5. The zero-order valence-electron chi connectivity index (χ0n) is 13.4. The van der Waals surface area contributed by atoms with E-state index < -0.39 is 11.7 Å². The Morgan fingerprint density at radius 1 is 1.33 bits per heavy atom. The minimum Gasteiger partial charge on any atom is -0.444 e. The van der Waals surface area contributed by atoms with Crippen molar-refractivity contribution in [2.45, 2.75) is 46.6 Å². The SMILES string of the molecule is CC(C)CCNc1cc(NC(=O)OC(C)(C)C)ccc1F. The summed E-state index contributed by atoms with van der Waals surface area (Å²) in [4.78, 5) is 11.7. The first-order valence-corrected chi connectivity index (χ1v) is 7.21. The van der Waals surface area contributed by atoms with Gasteiger partial charge in [-0.05, 0) is 51.3 Å². The summed E-state index contributed by atoms with van der Waals surface area (Å²) in [5.74, 6) is 0.206. The molecule has 0 bridgehead atoms. The van der Waals surface area contributed by atoms with Gasteiger partial charge < -0.3 is 10.1 Å². The number of amides is 1. The van der Waals surface area contributed by atoms with Gasteiger partial charge in [0.2, 0.25) is 0 Å². The van der Waals surface area contributed by atoms with Crippen molar-refractivity contribution in [1.82, 2.24) is 0 Å². The van der Waals surface area contributed by atoms with E-state index in [2.05, 4.69) is 24.5 Å². The van der Waals surface area contributed by atoms with Crippen molar-refractivity contribution in [3.63, 3.8) is 0 Å². The quantitative estimate of drug-likeness (QED) is 0.833. The van der Waals surface area contributed by atoms with E-state index in [-0.39, 0.29) is 5.82 Å². The van der Waals surface area contributed by atoms with Crippen molar-refractivity contribution in [2.24, 2.45) is 5.92 Å². The van der Waals surface area contributed by atoms with Crippen LogP contribution in [0.1, 0.15) is 41.0 Å². The Balaban J connectivity index is 2.66. The molecule has 1 aromatic carbocycles. The summed E-state index contributed by atoms with van der Waals surface area (Å²) in [6.45, 7) is 10.3. The van der Waals surface area contributed by atoms with Crippen LogP contribution < -0.4 is 10.6 Å². The molecule has 0 aromatic heterocycles. The molecule has 0 spiro atoms. The van der Waals surface area contributed by atoms with Gasteiger partial charge in [-0.25, -0.2) is 9.18 Å². The molecular weight excluding hydrogens is 271 g/mol. The summed E-state index contributed by atoms with van der Waals surface area (Å²) < 4.78 is 18.9. The van der Waals surface area contributed by atoms with Crippen LogP contribution >= 0.6 is 0 Å². The summed E-state index contributed by atoms with van der Waals surface area (Å²) in [6, 6.07) is 4.40. The fourth-order valence-corrected chi connectivity index (χ4v) is 1.66. The number of nitrogens with one attached hydrogen (secondary N) is 2. The van der Waals surface area contributed by atoms with E-state index in [4.69, 9.17) is 4.74 Å². The predicted molar refractivity (Wildman–Crippen MR) is 84.2 cm³/mol. The number of halogens is 1. The van der Waals surface area contributed by atoms with Gasteiger partial charge in [-0.15, -0.1) is 0 Å². The van der Waals surface area contributed by atoms with Gasteiger partial charge in [0.05, 0.1) is 5.69 Å². The van der Waals surface area contributed by atoms with Gasteiger partial charge in [-0.3, -0.25) is 5.32 Å². The summed E-state index contributed by atoms with van der Waals surface area (Å²) in [5.41, 5.74) is 0.310. The summed E-state index contributed by atoms with van der Waals surface area (Å²) >= 11 is 0. The Labute approximate surface area is 126 Å². The third-order valence-corrected chi connectivity index (χ3v) is 2.65. The molecule has 0 heterocycles. The smallest absolute Gasteiger partial charge is 0.412 e. The van der Waals surface area contributed by atoms with Crippen molar-refractivity contribution < 1.29 is 13.9 Å². The normalized spacial score (nSPS) is 11.4. The van der Waals surface area contributed by atoms with Crippen molar-refractivity contribution in [3.8, 4) is 0 Å². The van der Waals surface area contributed by atoms with Crippen molar-refractivity contribution in [2.75, 3.05) is 17.2 Å². The molecule has 2 N–H and O–H groups in total. The molecule has 0 saturated carbocycles. The molecule has 21 heavy (non-hydrogen) atoms. The highest BCUT2D eigenvalue weighted by atomic mass is 19.1. The first kappa shape index (κ1) is 17.3. The van der Waals surface area contributed by atoms with E-state index in [9.17, 15) is 9.18 Å². The second kappa shape index (κ2) is 7.29. The lowest BCUT2D eigenvalue weighted by Crippen LogP contribution is -2.27. The highest BCUT2D eigenvalue weighted by Gasteiger charge is 2.16. The topological polar surface area (TPSA) is 50.4 Å². The Kier molecular flexibility index (Phi) is 6.00. The number of hydrogen-bond acceptors (Lipinski definition) is 3. The standard InChI is InChI=1S/C16H25FN2O2/c1-11(2)8-9-18-14-10-12(6-7-13(14)17)19-15(20)21-16(3,4)5/h6-7,10-11,18H,8-9H2,1-5H3,(H,19,20). The van der Waals surface area contributed by atoms with Gasteiger partial charge in [0.1, 0.15) is 11.4 Å². The van der Waals surface area contributed by atoms with Gasteiger partial charge >= 0.3 is 6.09 Å². The molecule has 1 amide bonds. The first-order valence-electron chi connectivity index (χ1n) is 7.21. The summed E-state index contributed by atoms with van der Waals surface area (Å²) in [6.07, 6.45) is 0.394. The average molecular weight is 296 g/mol. The van der Waals surface area contributed by atoms with Gasteiger partial charge in [-0.1, -0.05) is 13.8 Å². The second-order valence-electron chi connectivity index (χ2n) is 6.43. The Morgan fingerprint density at radius 2 is 2.00 bits per heavy atom. The third kappa shape index (κ3) is 6.97. The molecule has 5 heteroatoms. The van der Waals surface area contributed by atoms with Crippen LogP contribution in [0, 0.1) is 11.7 Å². The molecule has 0 aliphatic heterocycles. The zero-order valence-corrected chi connectivity index (χ0v) is 13.4. The molecule has 0 aliphatic carbocycles. The Hall–Kier alpha value is -1.78. The van der Waals surface area contributed by atoms with Crippen molar-refractivity contribution in [3.05, 3.63) is 24.0 Å². The Bertz CT molecular complexity index is 482. The lowest BCUT2D eigenvalue weighted by atomic mass is 10.1. The predicted octanol–water partition coefficient (Wildman–Crippen LogP) is 4.63. The van der Waals surface area contributed by atoms with Crippen molar-refractivity contribution >= 4 is 17.5 Å².